The second-order valence-corrected chi connectivity index (χ2v) is 8.04. The number of amides is 1. The van der Waals surface area contributed by atoms with Crippen LogP contribution in [0.15, 0.2) is 24.3 Å². The number of rotatable bonds is 4. The quantitative estimate of drug-likeness (QED) is 0.779. The first-order valence-electron chi connectivity index (χ1n) is 9.92. The van der Waals surface area contributed by atoms with Crippen molar-refractivity contribution in [3.63, 3.8) is 0 Å². The first-order chi connectivity index (χ1) is 12.7. The number of hydrogen-bond donors (Lipinski definition) is 0. The van der Waals surface area contributed by atoms with Crippen LogP contribution in [-0.4, -0.2) is 73.0 Å². The molecule has 1 aromatic carbocycles. The van der Waals surface area contributed by atoms with E-state index in [-0.39, 0.29) is 11.3 Å². The van der Waals surface area contributed by atoms with Gasteiger partial charge in [0.25, 0.3) is 5.91 Å². The van der Waals surface area contributed by atoms with Gasteiger partial charge in [-0.25, -0.2) is 0 Å². The van der Waals surface area contributed by atoms with Crippen LogP contribution in [0.4, 0.5) is 0 Å². The molecular weight excluding hydrogens is 324 g/mol. The summed E-state index contributed by atoms with van der Waals surface area (Å²) in [4.78, 5) is 19.9. The first-order valence-corrected chi connectivity index (χ1v) is 9.92. The molecule has 0 bridgehead atoms. The maximum absolute atomic E-state index is 13.1. The van der Waals surface area contributed by atoms with Crippen molar-refractivity contribution >= 4 is 5.91 Å². The average molecular weight is 352 g/mol. The van der Waals surface area contributed by atoms with Crippen molar-refractivity contribution in [2.45, 2.75) is 31.1 Å². The monoisotopic (exact) mass is 352 g/mol. The molecule has 0 radical (unpaired) electrons. The lowest BCUT2D eigenvalue weighted by atomic mass is 9.68. The van der Waals surface area contributed by atoms with Crippen molar-refractivity contribution < 1.29 is 4.79 Å². The SMILES string of the molecule is N#CCN1CCC2(CC1)CN(CCN1CCCC1)C(=O)c1ccccc12. The van der Waals surface area contributed by atoms with Gasteiger partial charge < -0.3 is 9.80 Å². The summed E-state index contributed by atoms with van der Waals surface area (Å²) in [5.74, 6) is 0.199. The molecule has 0 unspecified atom stereocenters. The first kappa shape index (κ1) is 17.5. The van der Waals surface area contributed by atoms with Gasteiger partial charge in [-0.1, -0.05) is 18.2 Å². The van der Waals surface area contributed by atoms with Crippen LogP contribution in [0.25, 0.3) is 0 Å². The molecule has 1 spiro atoms. The van der Waals surface area contributed by atoms with Crippen LogP contribution in [0.3, 0.4) is 0 Å². The standard InChI is InChI=1S/C21H28N4O/c22-9-14-24-12-7-21(8-13-24)17-25(16-15-23-10-3-4-11-23)20(26)18-5-1-2-6-19(18)21/h1-2,5-6H,3-4,7-8,10-17H2. The lowest BCUT2D eigenvalue weighted by Crippen LogP contribution is -2.55. The van der Waals surface area contributed by atoms with E-state index in [0.29, 0.717) is 6.54 Å². The van der Waals surface area contributed by atoms with E-state index >= 15 is 0 Å². The molecule has 2 saturated heterocycles. The zero-order valence-electron chi connectivity index (χ0n) is 15.5. The zero-order chi connectivity index (χ0) is 18.0. The van der Waals surface area contributed by atoms with Crippen LogP contribution in [0.2, 0.25) is 0 Å². The molecule has 5 nitrogen and oxygen atoms in total. The minimum absolute atomic E-state index is 0.0570. The van der Waals surface area contributed by atoms with Gasteiger partial charge in [-0.05, 0) is 50.4 Å². The van der Waals surface area contributed by atoms with Gasteiger partial charge in [0.2, 0.25) is 0 Å². The molecule has 3 aliphatic heterocycles. The molecular formula is C21H28N4O. The molecule has 0 aliphatic carbocycles. The molecule has 26 heavy (non-hydrogen) atoms. The third-order valence-electron chi connectivity index (χ3n) is 6.50. The fourth-order valence-electron chi connectivity index (χ4n) is 4.94. The Morgan fingerprint density at radius 2 is 1.73 bits per heavy atom. The number of carbonyl (C=O) groups is 1. The lowest BCUT2D eigenvalue weighted by Gasteiger charge is -2.48. The highest BCUT2D eigenvalue weighted by molar-refractivity contribution is 5.97. The minimum atomic E-state index is 0.0570. The molecule has 5 heteroatoms. The Morgan fingerprint density at radius 1 is 1.00 bits per heavy atom. The predicted octanol–water partition coefficient (Wildman–Crippen LogP) is 2.10. The normalized spacial score (nSPS) is 23.2. The topological polar surface area (TPSA) is 50.6 Å². The Morgan fingerprint density at radius 3 is 2.46 bits per heavy atom. The molecule has 0 N–H and O–H groups in total. The number of hydrogen-bond acceptors (Lipinski definition) is 4. The van der Waals surface area contributed by atoms with Crippen LogP contribution >= 0.6 is 0 Å². The number of carbonyl (C=O) groups excluding carboxylic acids is 1. The number of fused-ring (bicyclic) bond motifs is 2. The van der Waals surface area contributed by atoms with Gasteiger partial charge in [0.05, 0.1) is 12.6 Å². The predicted molar refractivity (Wildman–Crippen MR) is 101 cm³/mol. The zero-order valence-corrected chi connectivity index (χ0v) is 15.5. The largest absolute Gasteiger partial charge is 0.336 e. The number of likely N-dealkylation sites (tertiary alicyclic amines) is 2. The molecule has 0 saturated carbocycles. The van der Waals surface area contributed by atoms with E-state index < -0.39 is 0 Å². The molecule has 138 valence electrons. The van der Waals surface area contributed by atoms with Crippen LogP contribution in [0.1, 0.15) is 41.6 Å². The van der Waals surface area contributed by atoms with E-state index in [0.717, 1.165) is 51.1 Å². The van der Waals surface area contributed by atoms with Crippen molar-refractivity contribution in [3.05, 3.63) is 35.4 Å². The summed E-state index contributed by atoms with van der Waals surface area (Å²) in [5.41, 5.74) is 2.19. The summed E-state index contributed by atoms with van der Waals surface area (Å²) in [6, 6.07) is 10.5. The maximum Gasteiger partial charge on any atom is 0.254 e. The second kappa shape index (κ2) is 7.38. The van der Waals surface area contributed by atoms with Crippen molar-refractivity contribution in [1.29, 1.82) is 5.26 Å². The Balaban J connectivity index is 1.54. The molecule has 3 aliphatic rings. The fourth-order valence-corrected chi connectivity index (χ4v) is 4.94. The van der Waals surface area contributed by atoms with E-state index in [2.05, 4.69) is 32.9 Å². The summed E-state index contributed by atoms with van der Waals surface area (Å²) < 4.78 is 0. The third-order valence-corrected chi connectivity index (χ3v) is 6.50. The molecule has 4 rings (SSSR count). The van der Waals surface area contributed by atoms with E-state index in [1.807, 2.05) is 12.1 Å². The smallest absolute Gasteiger partial charge is 0.254 e. The Labute approximate surface area is 156 Å². The van der Waals surface area contributed by atoms with Crippen molar-refractivity contribution in [2.24, 2.45) is 0 Å². The highest BCUT2D eigenvalue weighted by Crippen LogP contribution is 2.41. The Bertz CT molecular complexity index is 696. The number of nitrogens with zero attached hydrogens (tertiary/aromatic N) is 4. The Kier molecular flexibility index (Phi) is 4.97. The van der Waals surface area contributed by atoms with Gasteiger partial charge in [0.15, 0.2) is 0 Å². The average Bonchev–Trinajstić information content (AvgIpc) is 3.19. The van der Waals surface area contributed by atoms with Crippen LogP contribution in [0, 0.1) is 11.3 Å². The van der Waals surface area contributed by atoms with E-state index in [4.69, 9.17) is 5.26 Å². The molecule has 1 aromatic rings. The van der Waals surface area contributed by atoms with E-state index in [1.54, 1.807) is 0 Å². The van der Waals surface area contributed by atoms with Crippen molar-refractivity contribution in [1.82, 2.24) is 14.7 Å². The van der Waals surface area contributed by atoms with Crippen molar-refractivity contribution in [3.8, 4) is 6.07 Å². The summed E-state index contributed by atoms with van der Waals surface area (Å²) in [6.07, 6.45) is 4.63. The lowest BCUT2D eigenvalue weighted by molar-refractivity contribution is 0.0572. The van der Waals surface area contributed by atoms with Gasteiger partial charge in [-0.15, -0.1) is 0 Å². The summed E-state index contributed by atoms with van der Waals surface area (Å²) >= 11 is 0. The highest BCUT2D eigenvalue weighted by Gasteiger charge is 2.44. The molecule has 1 amide bonds. The van der Waals surface area contributed by atoms with Gasteiger partial charge >= 0.3 is 0 Å². The van der Waals surface area contributed by atoms with E-state index in [1.165, 1.54) is 31.5 Å². The van der Waals surface area contributed by atoms with Gasteiger partial charge in [-0.3, -0.25) is 9.69 Å². The molecule has 0 aromatic heterocycles. The third kappa shape index (κ3) is 3.24. The number of nitriles is 1. The number of piperidine rings is 1. The van der Waals surface area contributed by atoms with Gasteiger partial charge in [0, 0.05) is 43.7 Å². The second-order valence-electron chi connectivity index (χ2n) is 8.04. The summed E-state index contributed by atoms with van der Waals surface area (Å²) in [6.45, 7) is 7.39. The van der Waals surface area contributed by atoms with Crippen LogP contribution in [-0.2, 0) is 5.41 Å². The van der Waals surface area contributed by atoms with E-state index in [9.17, 15) is 4.79 Å². The van der Waals surface area contributed by atoms with Gasteiger partial charge in [0.1, 0.15) is 0 Å². The minimum Gasteiger partial charge on any atom is -0.336 e. The molecule has 3 heterocycles. The maximum atomic E-state index is 13.1. The van der Waals surface area contributed by atoms with Crippen molar-refractivity contribution in [2.75, 3.05) is 52.4 Å². The molecule has 0 atom stereocenters. The van der Waals surface area contributed by atoms with Crippen LogP contribution in [0.5, 0.6) is 0 Å². The Hall–Kier alpha value is -1.90. The van der Waals surface area contributed by atoms with Crippen LogP contribution < -0.4 is 0 Å². The fraction of sp³-hybridized carbons (Fsp3) is 0.619. The number of benzene rings is 1. The van der Waals surface area contributed by atoms with Gasteiger partial charge in [-0.2, -0.15) is 5.26 Å². The highest BCUT2D eigenvalue weighted by atomic mass is 16.2. The summed E-state index contributed by atoms with van der Waals surface area (Å²) in [5, 5.41) is 8.98. The summed E-state index contributed by atoms with van der Waals surface area (Å²) in [7, 11) is 0. The molecule has 2 fully saturated rings.